The van der Waals surface area contributed by atoms with Crippen LogP contribution in [0.1, 0.15) is 18.5 Å². The van der Waals surface area contributed by atoms with Crippen molar-refractivity contribution >= 4 is 23.6 Å². The summed E-state index contributed by atoms with van der Waals surface area (Å²) in [7, 11) is 0. The first-order valence-electron chi connectivity index (χ1n) is 5.50. The van der Waals surface area contributed by atoms with Crippen LogP contribution in [0.15, 0.2) is 34.2 Å². The first kappa shape index (κ1) is 12.0. The van der Waals surface area contributed by atoms with Crippen LogP contribution in [0.5, 0.6) is 0 Å². The SMILES string of the molecule is CCN=C1NC(=O)C(c2ccc(SC)cc2)N1. The van der Waals surface area contributed by atoms with Gasteiger partial charge < -0.3 is 5.32 Å². The van der Waals surface area contributed by atoms with E-state index in [0.29, 0.717) is 12.5 Å². The van der Waals surface area contributed by atoms with Crippen LogP contribution in [0.2, 0.25) is 0 Å². The third-order valence-corrected chi connectivity index (χ3v) is 3.29. The fourth-order valence-corrected chi connectivity index (χ4v) is 2.11. The molecule has 0 bridgehead atoms. The number of benzene rings is 1. The van der Waals surface area contributed by atoms with Crippen LogP contribution in [0.25, 0.3) is 0 Å². The highest BCUT2D eigenvalue weighted by Crippen LogP contribution is 2.20. The van der Waals surface area contributed by atoms with E-state index >= 15 is 0 Å². The molecule has 1 atom stereocenters. The average molecular weight is 249 g/mol. The molecule has 0 radical (unpaired) electrons. The lowest BCUT2D eigenvalue weighted by Crippen LogP contribution is -2.25. The maximum Gasteiger partial charge on any atom is 0.253 e. The fourth-order valence-electron chi connectivity index (χ4n) is 1.70. The highest BCUT2D eigenvalue weighted by molar-refractivity contribution is 7.98. The predicted octanol–water partition coefficient (Wildman–Crippen LogP) is 1.54. The summed E-state index contributed by atoms with van der Waals surface area (Å²) in [6.07, 6.45) is 2.03. The molecule has 5 heteroatoms. The van der Waals surface area contributed by atoms with Crippen molar-refractivity contribution in [1.82, 2.24) is 10.6 Å². The Morgan fingerprint density at radius 2 is 2.06 bits per heavy atom. The number of carbonyl (C=O) groups is 1. The van der Waals surface area contributed by atoms with Gasteiger partial charge in [-0.2, -0.15) is 0 Å². The number of hydrogen-bond acceptors (Lipinski definition) is 3. The molecule has 1 aliphatic rings. The largest absolute Gasteiger partial charge is 0.340 e. The van der Waals surface area contributed by atoms with E-state index in [1.165, 1.54) is 4.90 Å². The molecule has 4 nitrogen and oxygen atoms in total. The van der Waals surface area contributed by atoms with E-state index < -0.39 is 0 Å². The van der Waals surface area contributed by atoms with Gasteiger partial charge in [0.1, 0.15) is 6.04 Å². The zero-order chi connectivity index (χ0) is 12.3. The molecular formula is C12H15N3OS. The minimum Gasteiger partial charge on any atom is -0.340 e. The van der Waals surface area contributed by atoms with Crippen molar-refractivity contribution in [2.45, 2.75) is 17.9 Å². The smallest absolute Gasteiger partial charge is 0.253 e. The van der Waals surface area contributed by atoms with Crippen LogP contribution in [0.4, 0.5) is 0 Å². The van der Waals surface area contributed by atoms with Crippen molar-refractivity contribution < 1.29 is 4.79 Å². The second kappa shape index (κ2) is 5.23. The zero-order valence-corrected chi connectivity index (χ0v) is 10.7. The lowest BCUT2D eigenvalue weighted by Gasteiger charge is -2.08. The lowest BCUT2D eigenvalue weighted by atomic mass is 10.1. The monoisotopic (exact) mass is 249 g/mol. The quantitative estimate of drug-likeness (QED) is 0.799. The molecule has 2 N–H and O–H groups in total. The van der Waals surface area contributed by atoms with Gasteiger partial charge in [0.15, 0.2) is 5.96 Å². The number of nitrogens with one attached hydrogen (secondary N) is 2. The van der Waals surface area contributed by atoms with Crippen molar-refractivity contribution in [3.05, 3.63) is 29.8 Å². The van der Waals surface area contributed by atoms with E-state index in [9.17, 15) is 4.79 Å². The molecule has 1 amide bonds. The molecule has 90 valence electrons. The summed E-state index contributed by atoms with van der Waals surface area (Å²) < 4.78 is 0. The van der Waals surface area contributed by atoms with Gasteiger partial charge in [-0.25, -0.2) is 0 Å². The Bertz CT molecular complexity index is 442. The van der Waals surface area contributed by atoms with Gasteiger partial charge in [0.25, 0.3) is 5.91 Å². The van der Waals surface area contributed by atoms with Gasteiger partial charge in [-0.3, -0.25) is 15.1 Å². The van der Waals surface area contributed by atoms with Crippen LogP contribution in [-0.4, -0.2) is 24.7 Å². The maximum absolute atomic E-state index is 11.8. The summed E-state index contributed by atoms with van der Waals surface area (Å²) in [4.78, 5) is 17.1. The average Bonchev–Trinajstić information content (AvgIpc) is 2.71. The molecule has 1 unspecified atom stereocenters. The van der Waals surface area contributed by atoms with Gasteiger partial charge in [0, 0.05) is 11.4 Å². The molecule has 2 rings (SSSR count). The molecule has 0 saturated carbocycles. The molecule has 1 aromatic carbocycles. The van der Waals surface area contributed by atoms with Crippen LogP contribution in [-0.2, 0) is 4.79 Å². The van der Waals surface area contributed by atoms with Gasteiger partial charge in [-0.1, -0.05) is 12.1 Å². The van der Waals surface area contributed by atoms with E-state index in [2.05, 4.69) is 15.6 Å². The number of hydrogen-bond donors (Lipinski definition) is 2. The molecule has 1 heterocycles. The van der Waals surface area contributed by atoms with Gasteiger partial charge >= 0.3 is 0 Å². The summed E-state index contributed by atoms with van der Waals surface area (Å²) in [6, 6.07) is 7.65. The van der Waals surface area contributed by atoms with Crippen molar-refractivity contribution in [2.24, 2.45) is 4.99 Å². The van der Waals surface area contributed by atoms with Crippen LogP contribution in [0, 0.1) is 0 Å². The lowest BCUT2D eigenvalue weighted by molar-refractivity contribution is -0.120. The zero-order valence-electron chi connectivity index (χ0n) is 9.86. The molecule has 1 saturated heterocycles. The summed E-state index contributed by atoms with van der Waals surface area (Å²) in [6.45, 7) is 2.59. The molecule has 1 aromatic rings. The molecule has 1 fully saturated rings. The molecule has 0 aromatic heterocycles. The van der Waals surface area contributed by atoms with Gasteiger partial charge in [-0.05, 0) is 30.9 Å². The fraction of sp³-hybridized carbons (Fsp3) is 0.333. The number of guanidine groups is 1. The molecule has 0 spiro atoms. The highest BCUT2D eigenvalue weighted by atomic mass is 32.2. The summed E-state index contributed by atoms with van der Waals surface area (Å²) in [5, 5.41) is 5.80. The predicted molar refractivity (Wildman–Crippen MR) is 70.2 cm³/mol. The van der Waals surface area contributed by atoms with Crippen molar-refractivity contribution in [3.8, 4) is 0 Å². The number of thioether (sulfide) groups is 1. The van der Waals surface area contributed by atoms with Crippen LogP contribution in [0.3, 0.4) is 0 Å². The third-order valence-electron chi connectivity index (χ3n) is 2.55. The summed E-state index contributed by atoms with van der Waals surface area (Å²) in [5.41, 5.74) is 0.960. The molecule has 17 heavy (non-hydrogen) atoms. The molecular weight excluding hydrogens is 234 g/mol. The van der Waals surface area contributed by atoms with E-state index in [1.54, 1.807) is 11.8 Å². The van der Waals surface area contributed by atoms with Crippen molar-refractivity contribution in [1.29, 1.82) is 0 Å². The maximum atomic E-state index is 11.8. The van der Waals surface area contributed by atoms with E-state index in [1.807, 2.05) is 37.4 Å². The Balaban J connectivity index is 2.17. The normalized spacial score (nSPS) is 21.4. The summed E-state index contributed by atoms with van der Waals surface area (Å²) >= 11 is 1.68. The standard InChI is InChI=1S/C12H15N3OS/c1-3-13-12-14-10(11(16)15-12)8-4-6-9(17-2)7-5-8/h4-7,10H,3H2,1-2H3,(H2,13,14,15,16). The minimum absolute atomic E-state index is 0.0471. The Morgan fingerprint density at radius 3 is 2.65 bits per heavy atom. The van der Waals surface area contributed by atoms with Crippen molar-refractivity contribution in [3.63, 3.8) is 0 Å². The third kappa shape index (κ3) is 2.61. The van der Waals surface area contributed by atoms with Gasteiger partial charge in [0.2, 0.25) is 0 Å². The van der Waals surface area contributed by atoms with E-state index in [-0.39, 0.29) is 11.9 Å². The summed E-state index contributed by atoms with van der Waals surface area (Å²) in [5.74, 6) is 0.519. The Labute approximate surface area is 105 Å². The minimum atomic E-state index is -0.323. The second-order valence-electron chi connectivity index (χ2n) is 3.66. The highest BCUT2D eigenvalue weighted by Gasteiger charge is 2.29. The Kier molecular flexibility index (Phi) is 3.68. The van der Waals surface area contributed by atoms with E-state index in [0.717, 1.165) is 5.56 Å². The number of amides is 1. The van der Waals surface area contributed by atoms with Crippen LogP contribution < -0.4 is 10.6 Å². The molecule has 1 aliphatic heterocycles. The van der Waals surface area contributed by atoms with Gasteiger partial charge in [0.05, 0.1) is 0 Å². The topological polar surface area (TPSA) is 53.5 Å². The Morgan fingerprint density at radius 1 is 1.35 bits per heavy atom. The number of rotatable bonds is 3. The number of carbonyl (C=O) groups excluding carboxylic acids is 1. The first-order chi connectivity index (χ1) is 8.24. The van der Waals surface area contributed by atoms with Gasteiger partial charge in [-0.15, -0.1) is 11.8 Å². The Hall–Kier alpha value is -1.49. The molecule has 0 aliphatic carbocycles. The number of nitrogens with zero attached hydrogens (tertiary/aromatic N) is 1. The van der Waals surface area contributed by atoms with E-state index in [4.69, 9.17) is 0 Å². The number of aliphatic imine (C=N–C) groups is 1. The second-order valence-corrected chi connectivity index (χ2v) is 4.54. The van der Waals surface area contributed by atoms with Crippen molar-refractivity contribution in [2.75, 3.05) is 12.8 Å². The van der Waals surface area contributed by atoms with Crippen LogP contribution >= 0.6 is 11.8 Å². The first-order valence-corrected chi connectivity index (χ1v) is 6.73.